The molecule has 0 aliphatic rings. The summed E-state index contributed by atoms with van der Waals surface area (Å²) in [7, 11) is 1.63. The molecule has 1 aromatic rings. The van der Waals surface area contributed by atoms with Crippen LogP contribution < -0.4 is 5.73 Å². The van der Waals surface area contributed by atoms with Crippen molar-refractivity contribution in [3.63, 3.8) is 0 Å². The second-order valence-corrected chi connectivity index (χ2v) is 4.11. The summed E-state index contributed by atoms with van der Waals surface area (Å²) in [6, 6.07) is 4.03. The zero-order chi connectivity index (χ0) is 13.7. The average Bonchev–Trinajstić information content (AvgIpc) is 2.34. The van der Waals surface area contributed by atoms with E-state index >= 15 is 0 Å². The molecule has 0 saturated heterocycles. The van der Waals surface area contributed by atoms with Crippen molar-refractivity contribution < 1.29 is 9.72 Å². The molecule has 0 saturated carbocycles. The van der Waals surface area contributed by atoms with Crippen LogP contribution in [0.2, 0.25) is 0 Å². The Morgan fingerprint density at radius 2 is 2.17 bits per heavy atom. The van der Waals surface area contributed by atoms with E-state index in [9.17, 15) is 14.9 Å². The van der Waals surface area contributed by atoms with Crippen LogP contribution in [0, 0.1) is 10.1 Å². The maximum Gasteiger partial charge on any atom is 0.282 e. The van der Waals surface area contributed by atoms with Crippen molar-refractivity contribution in [2.75, 3.05) is 19.3 Å². The number of rotatable bonds is 5. The third kappa shape index (κ3) is 3.19. The molecule has 0 aliphatic heterocycles. The Kier molecular flexibility index (Phi) is 4.65. The third-order valence-electron chi connectivity index (χ3n) is 2.64. The number of nitrogens with zero attached hydrogens (tertiary/aromatic N) is 2. The van der Waals surface area contributed by atoms with Crippen molar-refractivity contribution in [3.8, 4) is 0 Å². The van der Waals surface area contributed by atoms with Gasteiger partial charge in [-0.2, -0.15) is 0 Å². The van der Waals surface area contributed by atoms with Gasteiger partial charge < -0.3 is 10.6 Å². The molecule has 18 heavy (non-hydrogen) atoms. The number of nitrogen functional groups attached to an aromatic ring is 1. The van der Waals surface area contributed by atoms with Crippen LogP contribution >= 0.6 is 0 Å². The molecule has 1 rings (SSSR count). The summed E-state index contributed by atoms with van der Waals surface area (Å²) < 4.78 is 0. The minimum Gasteiger partial charge on any atom is -0.399 e. The molecule has 0 aliphatic carbocycles. The van der Waals surface area contributed by atoms with Gasteiger partial charge in [-0.15, -0.1) is 0 Å². The number of unbranched alkanes of at least 4 members (excludes halogenated alkanes) is 1. The number of hydrogen-bond donors (Lipinski definition) is 1. The van der Waals surface area contributed by atoms with Crippen molar-refractivity contribution in [3.05, 3.63) is 33.9 Å². The van der Waals surface area contributed by atoms with E-state index in [2.05, 4.69) is 0 Å². The molecule has 98 valence electrons. The van der Waals surface area contributed by atoms with Crippen LogP contribution in [0.4, 0.5) is 11.4 Å². The van der Waals surface area contributed by atoms with E-state index in [4.69, 9.17) is 5.73 Å². The molecule has 1 aromatic carbocycles. The number of nitro groups is 1. The van der Waals surface area contributed by atoms with Gasteiger partial charge in [0.1, 0.15) is 5.56 Å². The summed E-state index contributed by atoms with van der Waals surface area (Å²) in [5.74, 6) is -0.373. The third-order valence-corrected chi connectivity index (χ3v) is 2.64. The first-order valence-corrected chi connectivity index (χ1v) is 5.76. The maximum absolute atomic E-state index is 12.1. The molecular formula is C12H17N3O3. The molecule has 2 N–H and O–H groups in total. The van der Waals surface area contributed by atoms with Crippen LogP contribution in [0.1, 0.15) is 30.1 Å². The summed E-state index contributed by atoms with van der Waals surface area (Å²) in [6.07, 6.45) is 1.81. The Labute approximate surface area is 106 Å². The highest BCUT2D eigenvalue weighted by atomic mass is 16.6. The Hall–Kier alpha value is -2.11. The lowest BCUT2D eigenvalue weighted by Gasteiger charge is -2.16. The van der Waals surface area contributed by atoms with E-state index < -0.39 is 4.92 Å². The number of carbonyl (C=O) groups excluding carboxylic acids is 1. The molecule has 1 amide bonds. The lowest BCUT2D eigenvalue weighted by atomic mass is 10.1. The highest BCUT2D eigenvalue weighted by molar-refractivity contribution is 5.98. The molecular weight excluding hydrogens is 234 g/mol. The largest absolute Gasteiger partial charge is 0.399 e. The average molecular weight is 251 g/mol. The predicted molar refractivity (Wildman–Crippen MR) is 69.4 cm³/mol. The number of amides is 1. The lowest BCUT2D eigenvalue weighted by Crippen LogP contribution is -2.28. The van der Waals surface area contributed by atoms with E-state index in [0.29, 0.717) is 12.2 Å². The smallest absolute Gasteiger partial charge is 0.282 e. The van der Waals surface area contributed by atoms with Crippen molar-refractivity contribution in [1.29, 1.82) is 0 Å². The number of hydrogen-bond acceptors (Lipinski definition) is 4. The van der Waals surface area contributed by atoms with E-state index in [0.717, 1.165) is 12.8 Å². The van der Waals surface area contributed by atoms with Crippen molar-refractivity contribution in [1.82, 2.24) is 4.90 Å². The summed E-state index contributed by atoms with van der Waals surface area (Å²) in [6.45, 7) is 2.59. The molecule has 6 heteroatoms. The normalized spacial score (nSPS) is 10.1. The SMILES string of the molecule is CCCCN(C)C(=O)c1cc(N)ccc1[N+](=O)[O-]. The number of anilines is 1. The fourth-order valence-corrected chi connectivity index (χ4v) is 1.59. The highest BCUT2D eigenvalue weighted by Gasteiger charge is 2.22. The van der Waals surface area contributed by atoms with Crippen LogP contribution in [0.25, 0.3) is 0 Å². The number of nitro benzene ring substituents is 1. The fourth-order valence-electron chi connectivity index (χ4n) is 1.59. The van der Waals surface area contributed by atoms with Gasteiger partial charge in [-0.1, -0.05) is 13.3 Å². The first-order chi connectivity index (χ1) is 8.47. The van der Waals surface area contributed by atoms with Gasteiger partial charge in [-0.05, 0) is 18.6 Å². The van der Waals surface area contributed by atoms with Gasteiger partial charge in [0.2, 0.25) is 0 Å². The van der Waals surface area contributed by atoms with Gasteiger partial charge in [0.25, 0.3) is 11.6 Å². The highest BCUT2D eigenvalue weighted by Crippen LogP contribution is 2.22. The zero-order valence-corrected chi connectivity index (χ0v) is 10.5. The first kappa shape index (κ1) is 14.0. The van der Waals surface area contributed by atoms with Crippen LogP contribution in [-0.2, 0) is 0 Å². The van der Waals surface area contributed by atoms with E-state index in [1.54, 1.807) is 7.05 Å². The van der Waals surface area contributed by atoms with E-state index in [1.165, 1.54) is 23.1 Å². The van der Waals surface area contributed by atoms with Gasteiger partial charge in [0.05, 0.1) is 4.92 Å². The maximum atomic E-state index is 12.1. The van der Waals surface area contributed by atoms with Gasteiger partial charge in [0, 0.05) is 25.3 Å². The zero-order valence-electron chi connectivity index (χ0n) is 10.5. The van der Waals surface area contributed by atoms with Gasteiger partial charge >= 0.3 is 0 Å². The Morgan fingerprint density at radius 1 is 1.50 bits per heavy atom. The molecule has 0 heterocycles. The van der Waals surface area contributed by atoms with Crippen molar-refractivity contribution in [2.45, 2.75) is 19.8 Å². The molecule has 0 aromatic heterocycles. The molecule has 0 bridgehead atoms. The van der Waals surface area contributed by atoms with Crippen LogP contribution in [0.3, 0.4) is 0 Å². The Bertz CT molecular complexity index is 460. The minimum absolute atomic E-state index is 0.0404. The second-order valence-electron chi connectivity index (χ2n) is 4.11. The molecule has 0 fully saturated rings. The summed E-state index contributed by atoms with van der Waals surface area (Å²) in [4.78, 5) is 23.9. The quantitative estimate of drug-likeness (QED) is 0.492. The topological polar surface area (TPSA) is 89.5 Å². The minimum atomic E-state index is -0.569. The molecule has 6 nitrogen and oxygen atoms in total. The van der Waals surface area contributed by atoms with Crippen molar-refractivity contribution in [2.24, 2.45) is 0 Å². The molecule has 0 atom stereocenters. The molecule has 0 unspecified atom stereocenters. The predicted octanol–water partition coefficient (Wildman–Crippen LogP) is 2.05. The first-order valence-electron chi connectivity index (χ1n) is 5.76. The van der Waals surface area contributed by atoms with E-state index in [-0.39, 0.29) is 17.2 Å². The Balaban J connectivity index is 3.03. The molecule has 0 spiro atoms. The van der Waals surface area contributed by atoms with Crippen LogP contribution in [0.5, 0.6) is 0 Å². The standard InChI is InChI=1S/C12H17N3O3/c1-3-4-7-14(2)12(16)10-8-9(13)5-6-11(10)15(17)18/h5-6,8H,3-4,7,13H2,1-2H3. The van der Waals surface area contributed by atoms with Gasteiger partial charge in [0.15, 0.2) is 0 Å². The molecule has 0 radical (unpaired) electrons. The van der Waals surface area contributed by atoms with Crippen LogP contribution in [-0.4, -0.2) is 29.3 Å². The number of benzene rings is 1. The number of carbonyl (C=O) groups is 1. The summed E-state index contributed by atoms with van der Waals surface area (Å²) in [5, 5.41) is 10.9. The second kappa shape index (κ2) is 6.00. The van der Waals surface area contributed by atoms with Gasteiger partial charge in [-0.25, -0.2) is 0 Å². The van der Waals surface area contributed by atoms with Gasteiger partial charge in [-0.3, -0.25) is 14.9 Å². The monoisotopic (exact) mass is 251 g/mol. The summed E-state index contributed by atoms with van der Waals surface area (Å²) >= 11 is 0. The lowest BCUT2D eigenvalue weighted by molar-refractivity contribution is -0.385. The number of nitrogens with two attached hydrogens (primary N) is 1. The van der Waals surface area contributed by atoms with E-state index in [1.807, 2.05) is 6.92 Å². The van der Waals surface area contributed by atoms with Crippen molar-refractivity contribution >= 4 is 17.3 Å². The fraction of sp³-hybridized carbons (Fsp3) is 0.417. The van der Waals surface area contributed by atoms with Crippen LogP contribution in [0.15, 0.2) is 18.2 Å². The Morgan fingerprint density at radius 3 is 2.72 bits per heavy atom. The summed E-state index contributed by atoms with van der Waals surface area (Å²) in [5.41, 5.74) is 5.74.